The quantitative estimate of drug-likeness (QED) is 0.103. The maximum absolute atomic E-state index is 8.73. The van der Waals surface area contributed by atoms with Crippen LogP contribution in [-0.2, 0) is 0 Å². The van der Waals surface area contributed by atoms with Gasteiger partial charge in [-0.05, 0) is 120 Å². The molecule has 3 aliphatic rings. The highest BCUT2D eigenvalue weighted by Crippen LogP contribution is 2.39. The topological polar surface area (TPSA) is 249 Å². The standard InChI is InChI=1S/C15H14ClN5O.C9H10BrN5.C6H5ClO.C5H4BrN5.C4H7Br.CH4/c16-9-3-1-6-11(7-9)22-15-12-13(17)18-8-19-14(12)21(20-15)10-4-2-5-10;10-7-6-8(11)12-4-13-9(6)15(14-7)5-2-1-3-5;7-5-2-1-3-6(8)4-5;6-3-2-4(7)8-1-9-5(2)11-10-3;5-4-2-1-3-4;/h1,3,6-8,10H,2,4-5H2,(H2,17,18,19);4-5H,1-3H2,(H2,11,12,13);1-4,8H;1H,(H3,7,8,9,10,11);4H,1-3H2;1H4. The number of H-pyrrole nitrogens is 1. The minimum atomic E-state index is 0. The molecule has 17 nitrogen and oxygen atoms in total. The van der Waals surface area contributed by atoms with Crippen LogP contribution in [0.4, 0.5) is 17.5 Å². The number of benzene rings is 2. The van der Waals surface area contributed by atoms with Crippen LogP contribution in [0.1, 0.15) is 77.3 Å². The van der Waals surface area contributed by atoms with E-state index < -0.39 is 0 Å². The van der Waals surface area contributed by atoms with Crippen molar-refractivity contribution in [3.63, 3.8) is 0 Å². The summed E-state index contributed by atoms with van der Waals surface area (Å²) in [6.45, 7) is 0. The summed E-state index contributed by atoms with van der Waals surface area (Å²) < 4.78 is 11.2. The number of ether oxygens (including phenoxy) is 1. The third-order valence-corrected chi connectivity index (χ3v) is 12.5. The summed E-state index contributed by atoms with van der Waals surface area (Å²) in [5.74, 6) is 2.51. The van der Waals surface area contributed by atoms with Crippen molar-refractivity contribution in [1.29, 1.82) is 0 Å². The summed E-state index contributed by atoms with van der Waals surface area (Å²) in [5.41, 5.74) is 19.5. The number of nitrogens with one attached hydrogen (secondary N) is 1. The summed E-state index contributed by atoms with van der Waals surface area (Å²) in [6.07, 6.45) is 15.6. The average Bonchev–Trinajstić information content (AvgIpc) is 3.85. The maximum atomic E-state index is 8.73. The van der Waals surface area contributed by atoms with Crippen LogP contribution in [0.15, 0.2) is 76.7 Å². The molecule has 0 saturated heterocycles. The van der Waals surface area contributed by atoms with Crippen LogP contribution in [-0.4, -0.2) is 69.6 Å². The third-order valence-electron chi connectivity index (χ3n) is 9.99. The summed E-state index contributed by atoms with van der Waals surface area (Å²) >= 11 is 21.6. The first-order chi connectivity index (χ1) is 29.5. The number of nitrogens with zero attached hydrogens (tertiary/aromatic N) is 11. The van der Waals surface area contributed by atoms with Crippen molar-refractivity contribution in [2.45, 2.75) is 82.1 Å². The van der Waals surface area contributed by atoms with Gasteiger partial charge >= 0.3 is 0 Å². The zero-order chi connectivity index (χ0) is 43.0. The number of nitrogens with two attached hydrogens (primary N) is 3. The maximum Gasteiger partial charge on any atom is 0.251 e. The molecule has 0 bridgehead atoms. The van der Waals surface area contributed by atoms with Crippen LogP contribution in [0.2, 0.25) is 10.0 Å². The summed E-state index contributed by atoms with van der Waals surface area (Å²) in [7, 11) is 0. The monoisotopic (exact) mass is 1070 g/mol. The smallest absolute Gasteiger partial charge is 0.251 e. The van der Waals surface area contributed by atoms with Crippen LogP contribution in [0, 0.1) is 0 Å². The minimum absolute atomic E-state index is 0. The Morgan fingerprint density at radius 1 is 0.677 bits per heavy atom. The molecule has 8 aromatic rings. The van der Waals surface area contributed by atoms with Gasteiger partial charge in [0.2, 0.25) is 0 Å². The van der Waals surface area contributed by atoms with Gasteiger partial charge in [0.15, 0.2) is 16.9 Å². The van der Waals surface area contributed by atoms with Crippen molar-refractivity contribution in [1.82, 2.24) is 59.7 Å². The molecule has 3 fully saturated rings. The van der Waals surface area contributed by atoms with E-state index in [2.05, 4.69) is 98.1 Å². The molecule has 0 unspecified atom stereocenters. The molecule has 11 rings (SSSR count). The number of hydrogen-bond acceptors (Lipinski definition) is 14. The summed E-state index contributed by atoms with van der Waals surface area (Å²) in [5, 5.41) is 27.7. The molecular weight excluding hydrogens is 1030 g/mol. The highest BCUT2D eigenvalue weighted by Gasteiger charge is 2.27. The zero-order valence-corrected chi connectivity index (χ0v) is 38.6. The number of aromatic hydroxyl groups is 1. The second-order valence-corrected chi connectivity index (χ2v) is 17.8. The first kappa shape index (κ1) is 46.6. The van der Waals surface area contributed by atoms with E-state index in [1.54, 1.807) is 30.3 Å². The van der Waals surface area contributed by atoms with Crippen molar-refractivity contribution >= 4 is 122 Å². The Labute approximate surface area is 392 Å². The van der Waals surface area contributed by atoms with Gasteiger partial charge in [-0.1, -0.05) is 65.1 Å². The van der Waals surface area contributed by atoms with Gasteiger partial charge in [0.1, 0.15) is 62.5 Å². The molecule has 0 atom stereocenters. The van der Waals surface area contributed by atoms with Gasteiger partial charge in [0.05, 0.1) is 22.9 Å². The largest absolute Gasteiger partial charge is 0.508 e. The molecule has 3 saturated carbocycles. The number of aromatic amines is 1. The van der Waals surface area contributed by atoms with Crippen LogP contribution in [0.5, 0.6) is 17.4 Å². The predicted octanol–water partition coefficient (Wildman–Crippen LogP) is 10.8. The lowest BCUT2D eigenvalue weighted by atomic mass is 9.93. The third kappa shape index (κ3) is 11.2. The number of fused-ring (bicyclic) bond motifs is 3. The van der Waals surface area contributed by atoms with Gasteiger partial charge in [-0.25, -0.2) is 39.3 Å². The summed E-state index contributed by atoms with van der Waals surface area (Å²) in [6, 6.07) is 14.5. The fourth-order valence-electron chi connectivity index (χ4n) is 6.08. The van der Waals surface area contributed by atoms with E-state index in [-0.39, 0.29) is 13.2 Å². The lowest BCUT2D eigenvalue weighted by Gasteiger charge is -2.25. The lowest BCUT2D eigenvalue weighted by Crippen LogP contribution is -2.18. The van der Waals surface area contributed by atoms with Crippen LogP contribution < -0.4 is 21.9 Å². The molecule has 326 valence electrons. The van der Waals surface area contributed by atoms with E-state index in [9.17, 15) is 0 Å². The van der Waals surface area contributed by atoms with E-state index >= 15 is 0 Å². The molecule has 0 amide bonds. The van der Waals surface area contributed by atoms with Crippen molar-refractivity contribution in [3.8, 4) is 17.4 Å². The number of halogens is 5. The van der Waals surface area contributed by atoms with Gasteiger partial charge in [0, 0.05) is 14.9 Å². The Hall–Kier alpha value is -4.89. The first-order valence-corrected chi connectivity index (χ1v) is 22.5. The SMILES string of the molecule is BrC1CCC1.C.Nc1ncnc2c1c(Br)nn2C1CCC1.Nc1ncnc2c1c(Oc1cccc(Cl)c1)nn2C1CCC1.Nc1ncnc2n[nH]c(Br)c12.Oc1cccc(Cl)c1. The van der Waals surface area contributed by atoms with Crippen molar-refractivity contribution in [2.24, 2.45) is 0 Å². The molecule has 6 aromatic heterocycles. The molecule has 0 aliphatic heterocycles. The van der Waals surface area contributed by atoms with Gasteiger partial charge in [0.25, 0.3) is 5.88 Å². The minimum Gasteiger partial charge on any atom is -0.508 e. The molecule has 62 heavy (non-hydrogen) atoms. The number of phenolic OH excluding ortho intramolecular Hbond substituents is 1. The van der Waals surface area contributed by atoms with E-state index in [4.69, 9.17) is 50.2 Å². The molecule has 0 spiro atoms. The molecular formula is C40H44Br3Cl2N15O2. The molecule has 8 N–H and O–H groups in total. The number of phenols is 1. The van der Waals surface area contributed by atoms with Gasteiger partial charge < -0.3 is 27.0 Å². The Bertz CT molecular complexity index is 2720. The van der Waals surface area contributed by atoms with E-state index in [0.717, 1.165) is 38.7 Å². The number of hydrogen-bond donors (Lipinski definition) is 5. The zero-order valence-electron chi connectivity index (χ0n) is 32.3. The summed E-state index contributed by atoms with van der Waals surface area (Å²) in [4.78, 5) is 25.2. The van der Waals surface area contributed by atoms with Crippen molar-refractivity contribution in [2.75, 3.05) is 17.2 Å². The van der Waals surface area contributed by atoms with Gasteiger partial charge in [-0.15, -0.1) is 5.10 Å². The number of aromatic nitrogens is 12. The van der Waals surface area contributed by atoms with E-state index in [0.29, 0.717) is 72.5 Å². The van der Waals surface area contributed by atoms with Crippen molar-refractivity contribution in [3.05, 3.63) is 86.8 Å². The molecule has 3 aliphatic carbocycles. The first-order valence-electron chi connectivity index (χ1n) is 19.2. The number of anilines is 3. The van der Waals surface area contributed by atoms with E-state index in [1.807, 2.05) is 21.5 Å². The Balaban J connectivity index is 0.000000140. The Morgan fingerprint density at radius 3 is 1.69 bits per heavy atom. The Morgan fingerprint density at radius 2 is 1.19 bits per heavy atom. The van der Waals surface area contributed by atoms with Gasteiger partial charge in [-0.3, -0.25) is 5.10 Å². The van der Waals surface area contributed by atoms with Gasteiger partial charge in [-0.2, -0.15) is 10.2 Å². The number of rotatable bonds is 4. The van der Waals surface area contributed by atoms with Crippen LogP contribution >= 0.6 is 71.0 Å². The normalized spacial score (nSPS) is 14.5. The molecule has 22 heteroatoms. The fraction of sp³-hybridized carbons (Fsp3) is 0.325. The second kappa shape index (κ2) is 21.5. The average molecular weight is 1080 g/mol. The highest BCUT2D eigenvalue weighted by molar-refractivity contribution is 9.11. The highest BCUT2D eigenvalue weighted by atomic mass is 79.9. The number of alkyl halides is 1. The van der Waals surface area contributed by atoms with Crippen LogP contribution in [0.25, 0.3) is 33.1 Å². The Kier molecular flexibility index (Phi) is 16.1. The number of nitrogen functional groups attached to an aromatic ring is 3. The molecule has 6 heterocycles. The fourth-order valence-corrected chi connectivity index (χ4v) is 8.11. The van der Waals surface area contributed by atoms with E-state index in [1.165, 1.54) is 70.0 Å². The molecule has 2 aromatic carbocycles. The van der Waals surface area contributed by atoms with Crippen molar-refractivity contribution < 1.29 is 9.84 Å². The second-order valence-electron chi connectivity index (χ2n) is 14.1. The van der Waals surface area contributed by atoms with Crippen LogP contribution in [0.3, 0.4) is 0 Å². The molecule has 0 radical (unpaired) electrons. The predicted molar refractivity (Wildman–Crippen MR) is 255 cm³/mol. The lowest BCUT2D eigenvalue weighted by molar-refractivity contribution is 0.289.